The highest BCUT2D eigenvalue weighted by Crippen LogP contribution is 2.10. The van der Waals surface area contributed by atoms with E-state index >= 15 is 0 Å². The van der Waals surface area contributed by atoms with Crippen molar-refractivity contribution in [1.82, 2.24) is 20.4 Å². The van der Waals surface area contributed by atoms with Crippen LogP contribution < -0.4 is 5.43 Å². The maximum absolute atomic E-state index is 11.9. The van der Waals surface area contributed by atoms with Crippen LogP contribution in [0.5, 0.6) is 0 Å². The van der Waals surface area contributed by atoms with Crippen LogP contribution in [0.25, 0.3) is 11.0 Å². The first kappa shape index (κ1) is 14.4. The summed E-state index contributed by atoms with van der Waals surface area (Å²) in [6, 6.07) is 15.1. The van der Waals surface area contributed by atoms with Gasteiger partial charge < -0.3 is 0 Å². The van der Waals surface area contributed by atoms with Gasteiger partial charge in [-0.2, -0.15) is 5.10 Å². The van der Waals surface area contributed by atoms with Gasteiger partial charge in [0.2, 0.25) is 0 Å². The van der Waals surface area contributed by atoms with E-state index < -0.39 is 0 Å². The van der Waals surface area contributed by atoms with Gasteiger partial charge in [-0.25, -0.2) is 10.1 Å². The second-order valence-electron chi connectivity index (χ2n) is 4.58. The molecule has 0 fully saturated rings. The number of nitrogens with zero attached hydrogens (tertiary/aromatic N) is 4. The van der Waals surface area contributed by atoms with E-state index in [0.717, 1.165) is 21.1 Å². The van der Waals surface area contributed by atoms with E-state index in [1.807, 2.05) is 48.5 Å². The monoisotopic (exact) mass is 357 g/mol. The van der Waals surface area contributed by atoms with Crippen LogP contribution in [0.3, 0.4) is 0 Å². The van der Waals surface area contributed by atoms with Crippen molar-refractivity contribution < 1.29 is 4.79 Å². The predicted molar refractivity (Wildman–Crippen MR) is 87.4 cm³/mol. The molecule has 1 N–H and O–H groups in total. The molecule has 0 saturated carbocycles. The van der Waals surface area contributed by atoms with Crippen LogP contribution in [0, 0.1) is 0 Å². The molecule has 0 aliphatic heterocycles. The molecule has 1 amide bonds. The summed E-state index contributed by atoms with van der Waals surface area (Å²) in [5, 5.41) is 11.9. The fourth-order valence-electron chi connectivity index (χ4n) is 1.93. The lowest BCUT2D eigenvalue weighted by atomic mass is 10.2. The standard InChI is InChI=1S/C15H12BrN5O/c16-12-7-5-11(6-8-12)9-17-19-15(22)10-21-14-4-2-1-3-13(14)18-20-21/h1-9H,10H2,(H,19,22). The summed E-state index contributed by atoms with van der Waals surface area (Å²) in [5.74, 6) is -0.260. The third-order valence-electron chi connectivity index (χ3n) is 2.99. The molecule has 3 rings (SSSR count). The minimum absolute atomic E-state index is 0.0676. The van der Waals surface area contributed by atoms with Crippen LogP contribution in [0.2, 0.25) is 0 Å². The first-order valence-electron chi connectivity index (χ1n) is 6.58. The van der Waals surface area contributed by atoms with Crippen molar-refractivity contribution in [1.29, 1.82) is 0 Å². The number of aromatic nitrogens is 3. The van der Waals surface area contributed by atoms with Crippen molar-refractivity contribution in [3.8, 4) is 0 Å². The fraction of sp³-hybridized carbons (Fsp3) is 0.0667. The van der Waals surface area contributed by atoms with Crippen LogP contribution in [0.4, 0.5) is 0 Å². The van der Waals surface area contributed by atoms with Crippen LogP contribution in [-0.4, -0.2) is 27.1 Å². The Labute approximate surface area is 135 Å². The molecule has 0 aliphatic carbocycles. The van der Waals surface area contributed by atoms with Gasteiger partial charge >= 0.3 is 0 Å². The number of hydrazone groups is 1. The minimum atomic E-state index is -0.260. The van der Waals surface area contributed by atoms with Crippen LogP contribution in [0.15, 0.2) is 58.1 Å². The van der Waals surface area contributed by atoms with Crippen LogP contribution in [-0.2, 0) is 11.3 Å². The molecule has 110 valence electrons. The average Bonchev–Trinajstić information content (AvgIpc) is 2.93. The summed E-state index contributed by atoms with van der Waals surface area (Å²) in [5.41, 5.74) is 4.95. The number of para-hydroxylation sites is 1. The molecule has 1 aromatic heterocycles. The maximum atomic E-state index is 11.9. The van der Waals surface area contributed by atoms with Crippen LogP contribution in [0.1, 0.15) is 5.56 Å². The van der Waals surface area contributed by atoms with Gasteiger partial charge in [0.05, 0.1) is 11.7 Å². The van der Waals surface area contributed by atoms with Crippen LogP contribution >= 0.6 is 15.9 Å². The molecule has 0 bridgehead atoms. The van der Waals surface area contributed by atoms with E-state index in [0.29, 0.717) is 0 Å². The van der Waals surface area contributed by atoms with Gasteiger partial charge in [0.15, 0.2) is 0 Å². The minimum Gasteiger partial charge on any atom is -0.271 e. The summed E-state index contributed by atoms with van der Waals surface area (Å²) < 4.78 is 2.53. The molecule has 2 aromatic carbocycles. The van der Waals surface area contributed by atoms with E-state index in [9.17, 15) is 4.79 Å². The summed E-state index contributed by atoms with van der Waals surface area (Å²) in [4.78, 5) is 11.9. The first-order valence-corrected chi connectivity index (χ1v) is 7.37. The number of rotatable bonds is 4. The molecule has 0 atom stereocenters. The molecule has 0 spiro atoms. The van der Waals surface area contributed by atoms with Crippen molar-refractivity contribution in [3.63, 3.8) is 0 Å². The van der Waals surface area contributed by atoms with Crippen molar-refractivity contribution in [2.24, 2.45) is 5.10 Å². The molecule has 0 radical (unpaired) electrons. The summed E-state index contributed by atoms with van der Waals surface area (Å²) in [6.45, 7) is 0.0676. The molecule has 7 heteroatoms. The number of hydrogen-bond donors (Lipinski definition) is 1. The topological polar surface area (TPSA) is 72.2 Å². The quantitative estimate of drug-likeness (QED) is 0.575. The second kappa shape index (κ2) is 6.48. The summed E-state index contributed by atoms with van der Waals surface area (Å²) in [7, 11) is 0. The smallest absolute Gasteiger partial charge is 0.261 e. The predicted octanol–water partition coefficient (Wildman–Crippen LogP) is 2.34. The summed E-state index contributed by atoms with van der Waals surface area (Å²) >= 11 is 3.36. The molecule has 6 nitrogen and oxygen atoms in total. The van der Waals surface area contributed by atoms with Crippen molar-refractivity contribution in [2.75, 3.05) is 0 Å². The van der Waals surface area contributed by atoms with Crippen molar-refractivity contribution >= 4 is 39.1 Å². The van der Waals surface area contributed by atoms with Gasteiger partial charge in [-0.3, -0.25) is 4.79 Å². The Morgan fingerprint density at radius 2 is 2.00 bits per heavy atom. The summed E-state index contributed by atoms with van der Waals surface area (Å²) in [6.07, 6.45) is 1.59. The number of halogens is 1. The Balaban J connectivity index is 1.62. The number of carbonyl (C=O) groups is 1. The third-order valence-corrected chi connectivity index (χ3v) is 3.52. The highest BCUT2D eigenvalue weighted by molar-refractivity contribution is 9.10. The third kappa shape index (κ3) is 3.37. The fourth-order valence-corrected chi connectivity index (χ4v) is 2.20. The number of nitrogens with one attached hydrogen (secondary N) is 1. The number of carbonyl (C=O) groups excluding carboxylic acids is 1. The van der Waals surface area contributed by atoms with Gasteiger partial charge in [-0.05, 0) is 29.8 Å². The van der Waals surface area contributed by atoms with E-state index in [2.05, 4.69) is 36.8 Å². The van der Waals surface area contributed by atoms with Crippen molar-refractivity contribution in [2.45, 2.75) is 6.54 Å². The highest BCUT2D eigenvalue weighted by Gasteiger charge is 2.07. The molecule has 1 heterocycles. The molecule has 0 saturated heterocycles. The van der Waals surface area contributed by atoms with E-state index in [-0.39, 0.29) is 12.5 Å². The van der Waals surface area contributed by atoms with Gasteiger partial charge in [-0.15, -0.1) is 5.10 Å². The largest absolute Gasteiger partial charge is 0.271 e. The molecule has 0 aliphatic rings. The normalized spacial score (nSPS) is 11.1. The molecular weight excluding hydrogens is 346 g/mol. The zero-order valence-electron chi connectivity index (χ0n) is 11.5. The molecule has 22 heavy (non-hydrogen) atoms. The number of benzene rings is 2. The van der Waals surface area contributed by atoms with Gasteiger partial charge in [0.1, 0.15) is 12.1 Å². The Hall–Kier alpha value is -2.54. The Morgan fingerprint density at radius 3 is 2.82 bits per heavy atom. The SMILES string of the molecule is O=C(Cn1nnc2ccccc21)NN=Cc1ccc(Br)cc1. The number of fused-ring (bicyclic) bond motifs is 1. The zero-order valence-corrected chi connectivity index (χ0v) is 13.1. The highest BCUT2D eigenvalue weighted by atomic mass is 79.9. The van der Waals surface area contributed by atoms with Gasteiger partial charge in [0, 0.05) is 4.47 Å². The molecular formula is C15H12BrN5O. The average molecular weight is 358 g/mol. The van der Waals surface area contributed by atoms with E-state index in [1.54, 1.807) is 10.9 Å². The second-order valence-corrected chi connectivity index (χ2v) is 5.50. The molecule has 3 aromatic rings. The Bertz CT molecular complexity index is 825. The zero-order chi connectivity index (χ0) is 15.4. The van der Waals surface area contributed by atoms with Crippen molar-refractivity contribution in [3.05, 3.63) is 58.6 Å². The Kier molecular flexibility index (Phi) is 4.24. The van der Waals surface area contributed by atoms with Gasteiger partial charge in [0.25, 0.3) is 5.91 Å². The lowest BCUT2D eigenvalue weighted by Crippen LogP contribution is -2.23. The lowest BCUT2D eigenvalue weighted by Gasteiger charge is -2.01. The van der Waals surface area contributed by atoms with Gasteiger partial charge in [-0.1, -0.05) is 45.4 Å². The first-order chi connectivity index (χ1) is 10.7. The lowest BCUT2D eigenvalue weighted by molar-refractivity contribution is -0.121. The maximum Gasteiger partial charge on any atom is 0.261 e. The van der Waals surface area contributed by atoms with E-state index in [4.69, 9.17) is 0 Å². The number of amides is 1. The molecule has 0 unspecified atom stereocenters. The van der Waals surface area contributed by atoms with E-state index in [1.165, 1.54) is 0 Å². The number of hydrogen-bond acceptors (Lipinski definition) is 4. The Morgan fingerprint density at radius 1 is 1.23 bits per heavy atom.